The molecule has 20 heavy (non-hydrogen) atoms. The maximum absolute atomic E-state index is 12.3. The highest BCUT2D eigenvalue weighted by atomic mass is 35.5. The molecule has 0 fully saturated rings. The molecule has 0 spiro atoms. The van der Waals surface area contributed by atoms with Gasteiger partial charge in [0, 0.05) is 11.3 Å². The summed E-state index contributed by atoms with van der Waals surface area (Å²) in [7, 11) is 0. The van der Waals surface area contributed by atoms with E-state index >= 15 is 0 Å². The van der Waals surface area contributed by atoms with Crippen molar-refractivity contribution in [1.29, 1.82) is 0 Å². The van der Waals surface area contributed by atoms with Gasteiger partial charge >= 0.3 is 0 Å². The van der Waals surface area contributed by atoms with Gasteiger partial charge in [-0.1, -0.05) is 35.3 Å². The van der Waals surface area contributed by atoms with Gasteiger partial charge in [0.2, 0.25) is 0 Å². The molecule has 0 aliphatic heterocycles. The molecular formula is C15H14Cl2N2O. The lowest BCUT2D eigenvalue weighted by Crippen LogP contribution is -2.14. The Morgan fingerprint density at radius 3 is 2.45 bits per heavy atom. The van der Waals surface area contributed by atoms with E-state index in [0.717, 1.165) is 11.1 Å². The first-order valence-corrected chi connectivity index (χ1v) is 6.78. The monoisotopic (exact) mass is 308 g/mol. The van der Waals surface area contributed by atoms with Gasteiger partial charge in [0.15, 0.2) is 0 Å². The van der Waals surface area contributed by atoms with E-state index in [0.29, 0.717) is 27.0 Å². The number of amides is 1. The lowest BCUT2D eigenvalue weighted by molar-refractivity contribution is 0.102. The van der Waals surface area contributed by atoms with E-state index < -0.39 is 0 Å². The van der Waals surface area contributed by atoms with E-state index in [1.54, 1.807) is 30.3 Å². The van der Waals surface area contributed by atoms with Crippen molar-refractivity contribution >= 4 is 40.5 Å². The number of nitrogen functional groups attached to an aromatic ring is 1. The van der Waals surface area contributed by atoms with Crippen molar-refractivity contribution in [1.82, 2.24) is 0 Å². The Hall–Kier alpha value is -1.71. The summed E-state index contributed by atoms with van der Waals surface area (Å²) in [6.07, 6.45) is 0. The van der Waals surface area contributed by atoms with Crippen LogP contribution in [0.2, 0.25) is 10.0 Å². The quantitative estimate of drug-likeness (QED) is 0.806. The Balaban J connectivity index is 2.38. The molecule has 2 aromatic rings. The zero-order valence-corrected chi connectivity index (χ0v) is 12.6. The smallest absolute Gasteiger partial charge is 0.256 e. The molecule has 0 atom stereocenters. The van der Waals surface area contributed by atoms with Crippen LogP contribution in [0.15, 0.2) is 30.3 Å². The van der Waals surface area contributed by atoms with E-state index in [4.69, 9.17) is 28.9 Å². The van der Waals surface area contributed by atoms with Crippen LogP contribution >= 0.6 is 23.2 Å². The first-order chi connectivity index (χ1) is 9.40. The number of nitrogens with two attached hydrogens (primary N) is 1. The van der Waals surface area contributed by atoms with Gasteiger partial charge < -0.3 is 11.1 Å². The fourth-order valence-corrected chi connectivity index (χ4v) is 2.30. The minimum Gasteiger partial charge on any atom is -0.399 e. The molecule has 2 aromatic carbocycles. The topological polar surface area (TPSA) is 55.1 Å². The van der Waals surface area contributed by atoms with Crippen LogP contribution in [0.3, 0.4) is 0 Å². The number of hydrogen-bond acceptors (Lipinski definition) is 2. The number of rotatable bonds is 2. The van der Waals surface area contributed by atoms with Crippen molar-refractivity contribution < 1.29 is 4.79 Å². The maximum Gasteiger partial charge on any atom is 0.256 e. The molecule has 0 aromatic heterocycles. The van der Waals surface area contributed by atoms with Crippen LogP contribution in [-0.2, 0) is 0 Å². The van der Waals surface area contributed by atoms with E-state index in [2.05, 4.69) is 5.32 Å². The van der Waals surface area contributed by atoms with Crippen LogP contribution in [0, 0.1) is 13.8 Å². The second-order valence-electron chi connectivity index (χ2n) is 4.58. The van der Waals surface area contributed by atoms with Crippen molar-refractivity contribution in [3.63, 3.8) is 0 Å². The molecule has 104 valence electrons. The molecule has 0 unspecified atom stereocenters. The molecule has 3 nitrogen and oxygen atoms in total. The highest BCUT2D eigenvalue weighted by Crippen LogP contribution is 2.33. The minimum atomic E-state index is -0.288. The predicted octanol–water partition coefficient (Wildman–Crippen LogP) is 4.44. The van der Waals surface area contributed by atoms with Gasteiger partial charge in [0.05, 0.1) is 15.7 Å². The number of nitrogens with one attached hydrogen (secondary N) is 1. The predicted molar refractivity (Wildman–Crippen MR) is 84.7 cm³/mol. The number of halogens is 2. The molecule has 0 saturated heterocycles. The van der Waals surface area contributed by atoms with Gasteiger partial charge in [-0.15, -0.1) is 0 Å². The number of benzene rings is 2. The van der Waals surface area contributed by atoms with Crippen molar-refractivity contribution in [2.24, 2.45) is 0 Å². The molecule has 5 heteroatoms. The number of aryl methyl sites for hydroxylation is 2. The Labute approximate surface area is 127 Å². The summed E-state index contributed by atoms with van der Waals surface area (Å²) < 4.78 is 0. The third kappa shape index (κ3) is 2.89. The third-order valence-electron chi connectivity index (χ3n) is 3.03. The molecule has 3 N–H and O–H groups in total. The SMILES string of the molecule is Cc1ccc(N)cc1C(=O)Nc1c(Cl)ccc(C)c1Cl. The highest BCUT2D eigenvalue weighted by Gasteiger charge is 2.15. The van der Waals surface area contributed by atoms with Crippen LogP contribution in [-0.4, -0.2) is 5.91 Å². The van der Waals surface area contributed by atoms with Crippen LogP contribution < -0.4 is 11.1 Å². The van der Waals surface area contributed by atoms with Crippen LogP contribution in [0.5, 0.6) is 0 Å². The van der Waals surface area contributed by atoms with Gasteiger partial charge in [-0.05, 0) is 43.2 Å². The number of carbonyl (C=O) groups is 1. The zero-order valence-electron chi connectivity index (χ0n) is 11.1. The van der Waals surface area contributed by atoms with Gasteiger partial charge in [0.25, 0.3) is 5.91 Å². The summed E-state index contributed by atoms with van der Waals surface area (Å²) in [5.41, 5.74) is 8.83. The molecule has 0 heterocycles. The fraction of sp³-hybridized carbons (Fsp3) is 0.133. The van der Waals surface area contributed by atoms with Crippen LogP contribution in [0.4, 0.5) is 11.4 Å². The zero-order chi connectivity index (χ0) is 14.9. The van der Waals surface area contributed by atoms with E-state index in [1.807, 2.05) is 13.8 Å². The average Bonchev–Trinajstić information content (AvgIpc) is 2.41. The van der Waals surface area contributed by atoms with E-state index in [1.165, 1.54) is 0 Å². The molecule has 1 amide bonds. The van der Waals surface area contributed by atoms with Crippen LogP contribution in [0.1, 0.15) is 21.5 Å². The largest absolute Gasteiger partial charge is 0.399 e. The lowest BCUT2D eigenvalue weighted by atomic mass is 10.1. The normalized spacial score (nSPS) is 10.4. The summed E-state index contributed by atoms with van der Waals surface area (Å²) in [5.74, 6) is -0.288. The minimum absolute atomic E-state index is 0.288. The summed E-state index contributed by atoms with van der Waals surface area (Å²) in [5, 5.41) is 3.58. The van der Waals surface area contributed by atoms with Gasteiger partial charge in [-0.2, -0.15) is 0 Å². The van der Waals surface area contributed by atoms with Crippen molar-refractivity contribution in [3.8, 4) is 0 Å². The van der Waals surface area contributed by atoms with E-state index in [9.17, 15) is 4.79 Å². The number of anilines is 2. The van der Waals surface area contributed by atoms with Gasteiger partial charge in [-0.25, -0.2) is 0 Å². The first-order valence-electron chi connectivity index (χ1n) is 6.02. The maximum atomic E-state index is 12.3. The average molecular weight is 309 g/mol. The van der Waals surface area contributed by atoms with E-state index in [-0.39, 0.29) is 5.91 Å². The lowest BCUT2D eigenvalue weighted by Gasteiger charge is -2.12. The summed E-state index contributed by atoms with van der Waals surface area (Å²) in [4.78, 5) is 12.3. The first kappa shape index (κ1) is 14.7. The highest BCUT2D eigenvalue weighted by molar-refractivity contribution is 6.40. The summed E-state index contributed by atoms with van der Waals surface area (Å²) in [6.45, 7) is 3.69. The second kappa shape index (κ2) is 5.73. The Bertz CT molecular complexity index is 684. The third-order valence-corrected chi connectivity index (χ3v) is 3.83. The Morgan fingerprint density at radius 1 is 1.10 bits per heavy atom. The standard InChI is InChI=1S/C15H14Cl2N2O/c1-8-3-5-10(18)7-11(8)15(20)19-14-12(16)6-4-9(2)13(14)17/h3-7H,18H2,1-2H3,(H,19,20). The molecule has 0 aliphatic carbocycles. The molecule has 0 radical (unpaired) electrons. The fourth-order valence-electron chi connectivity index (χ4n) is 1.84. The number of hydrogen-bond donors (Lipinski definition) is 2. The van der Waals surface area contributed by atoms with Crippen LogP contribution in [0.25, 0.3) is 0 Å². The Morgan fingerprint density at radius 2 is 1.75 bits per heavy atom. The molecular weight excluding hydrogens is 295 g/mol. The summed E-state index contributed by atoms with van der Waals surface area (Å²) in [6, 6.07) is 8.67. The number of carbonyl (C=O) groups excluding carboxylic acids is 1. The molecule has 2 rings (SSSR count). The van der Waals surface area contributed by atoms with Crippen molar-refractivity contribution in [3.05, 3.63) is 57.1 Å². The van der Waals surface area contributed by atoms with Crippen molar-refractivity contribution in [2.45, 2.75) is 13.8 Å². The Kier molecular flexibility index (Phi) is 4.21. The molecule has 0 bridgehead atoms. The van der Waals surface area contributed by atoms with Crippen molar-refractivity contribution in [2.75, 3.05) is 11.1 Å². The summed E-state index contributed by atoms with van der Waals surface area (Å²) >= 11 is 12.3. The van der Waals surface area contributed by atoms with Gasteiger partial charge in [0.1, 0.15) is 0 Å². The molecule has 0 saturated carbocycles. The second-order valence-corrected chi connectivity index (χ2v) is 5.37. The van der Waals surface area contributed by atoms with Gasteiger partial charge in [-0.3, -0.25) is 4.79 Å². The molecule has 0 aliphatic rings.